The molecule has 0 saturated heterocycles. The zero-order chi connectivity index (χ0) is 23.9. The fourth-order valence-electron chi connectivity index (χ4n) is 3.41. The van der Waals surface area contributed by atoms with Crippen LogP contribution in [0.3, 0.4) is 0 Å². The van der Waals surface area contributed by atoms with Gasteiger partial charge in [0.25, 0.3) is 5.56 Å². The highest BCUT2D eigenvalue weighted by atomic mass is 16.6. The van der Waals surface area contributed by atoms with Gasteiger partial charge in [0.1, 0.15) is 11.4 Å². The second-order valence-corrected chi connectivity index (χ2v) is 9.52. The van der Waals surface area contributed by atoms with Crippen molar-refractivity contribution in [2.24, 2.45) is 5.92 Å². The lowest BCUT2D eigenvalue weighted by Gasteiger charge is -2.26. The van der Waals surface area contributed by atoms with Gasteiger partial charge in [0.05, 0.1) is 12.6 Å². The predicted molar refractivity (Wildman–Crippen MR) is 128 cm³/mol. The number of hydrogen-bond donors (Lipinski definition) is 2. The minimum Gasteiger partial charge on any atom is -0.444 e. The van der Waals surface area contributed by atoms with Crippen LogP contribution in [0.25, 0.3) is 0 Å². The Morgan fingerprint density at radius 1 is 1.12 bits per heavy atom. The highest BCUT2D eigenvalue weighted by Crippen LogP contribution is 2.21. The van der Waals surface area contributed by atoms with E-state index in [0.717, 1.165) is 23.5 Å². The molecule has 0 fully saturated rings. The lowest BCUT2D eigenvalue weighted by Crippen LogP contribution is -2.38. The van der Waals surface area contributed by atoms with Gasteiger partial charge in [0.15, 0.2) is 0 Å². The average Bonchev–Trinajstić information content (AvgIpc) is 2.70. The molecule has 1 heterocycles. The van der Waals surface area contributed by atoms with E-state index < -0.39 is 11.7 Å². The van der Waals surface area contributed by atoms with Crippen LogP contribution in [0.5, 0.6) is 0 Å². The molecule has 7 heteroatoms. The maximum Gasteiger partial charge on any atom is 0.407 e. The van der Waals surface area contributed by atoms with Crippen LogP contribution in [-0.2, 0) is 11.3 Å². The quantitative estimate of drug-likeness (QED) is 0.571. The first-order chi connectivity index (χ1) is 15.0. The van der Waals surface area contributed by atoms with Crippen molar-refractivity contribution in [2.45, 2.75) is 73.1 Å². The molecule has 1 aromatic heterocycles. The van der Waals surface area contributed by atoms with Crippen LogP contribution in [0.15, 0.2) is 35.1 Å². The summed E-state index contributed by atoms with van der Waals surface area (Å²) in [7, 11) is 0. The van der Waals surface area contributed by atoms with E-state index in [0.29, 0.717) is 25.2 Å². The van der Waals surface area contributed by atoms with Gasteiger partial charge in [-0.05, 0) is 59.1 Å². The molecule has 0 aliphatic carbocycles. The van der Waals surface area contributed by atoms with E-state index in [-0.39, 0.29) is 17.5 Å². The zero-order valence-corrected chi connectivity index (χ0v) is 20.5. The van der Waals surface area contributed by atoms with Crippen molar-refractivity contribution in [3.05, 3.63) is 63.3 Å². The maximum atomic E-state index is 13.1. The Morgan fingerprint density at radius 2 is 1.78 bits per heavy atom. The minimum atomic E-state index is -0.511. The molecule has 0 radical (unpaired) electrons. The Balaban J connectivity index is 2.13. The van der Waals surface area contributed by atoms with Crippen molar-refractivity contribution >= 4 is 6.09 Å². The summed E-state index contributed by atoms with van der Waals surface area (Å²) >= 11 is 0. The standard InChI is InChI=1S/C25H38N4O3/c1-17(2)21(26-14-11-15-27-24(31)32-25(5,6)7)22-28-19(4)18(3)23(30)29(22)16-20-12-9-8-10-13-20/h8-10,12-13,17,21,26H,11,14-16H2,1-7H3,(H,27,31). The Bertz CT molecular complexity index is 946. The fraction of sp³-hybridized carbons (Fsp3) is 0.560. The van der Waals surface area contributed by atoms with Crippen molar-refractivity contribution in [1.82, 2.24) is 20.2 Å². The van der Waals surface area contributed by atoms with Gasteiger partial charge in [-0.3, -0.25) is 9.36 Å². The highest BCUT2D eigenvalue weighted by molar-refractivity contribution is 5.67. The SMILES string of the molecule is Cc1nc(C(NCCCNC(=O)OC(C)(C)C)C(C)C)n(Cc2ccccc2)c(=O)c1C. The molecule has 0 aliphatic heterocycles. The van der Waals surface area contributed by atoms with Gasteiger partial charge in [-0.25, -0.2) is 9.78 Å². The fourth-order valence-corrected chi connectivity index (χ4v) is 3.41. The van der Waals surface area contributed by atoms with Gasteiger partial charge < -0.3 is 15.4 Å². The molecule has 176 valence electrons. The second kappa shape index (κ2) is 11.3. The van der Waals surface area contributed by atoms with E-state index in [1.54, 1.807) is 4.57 Å². The number of benzene rings is 1. The van der Waals surface area contributed by atoms with Gasteiger partial charge in [-0.2, -0.15) is 0 Å². The van der Waals surface area contributed by atoms with Gasteiger partial charge in [-0.1, -0.05) is 44.2 Å². The van der Waals surface area contributed by atoms with Crippen LogP contribution in [0, 0.1) is 19.8 Å². The smallest absolute Gasteiger partial charge is 0.407 e. The Hall–Kier alpha value is -2.67. The summed E-state index contributed by atoms with van der Waals surface area (Å²) in [4.78, 5) is 29.8. The summed E-state index contributed by atoms with van der Waals surface area (Å²) in [6, 6.07) is 9.87. The van der Waals surface area contributed by atoms with E-state index in [9.17, 15) is 9.59 Å². The first-order valence-corrected chi connectivity index (χ1v) is 11.3. The number of hydrogen-bond acceptors (Lipinski definition) is 5. The molecule has 0 spiro atoms. The molecule has 2 aromatic rings. The van der Waals surface area contributed by atoms with E-state index >= 15 is 0 Å². The zero-order valence-electron chi connectivity index (χ0n) is 20.5. The molecule has 7 nitrogen and oxygen atoms in total. The maximum absolute atomic E-state index is 13.1. The van der Waals surface area contributed by atoms with E-state index in [1.165, 1.54) is 0 Å². The third-order valence-corrected chi connectivity index (χ3v) is 5.18. The van der Waals surface area contributed by atoms with Gasteiger partial charge in [0.2, 0.25) is 0 Å². The number of ether oxygens (including phenoxy) is 1. The van der Waals surface area contributed by atoms with Crippen molar-refractivity contribution in [3.63, 3.8) is 0 Å². The average molecular weight is 443 g/mol. The number of carbonyl (C=O) groups is 1. The molecule has 1 aromatic carbocycles. The summed E-state index contributed by atoms with van der Waals surface area (Å²) in [6.45, 7) is 15.1. The molecular formula is C25H38N4O3. The number of aromatic nitrogens is 2. The van der Waals surface area contributed by atoms with Crippen LogP contribution in [0.1, 0.15) is 69.7 Å². The highest BCUT2D eigenvalue weighted by Gasteiger charge is 2.23. The van der Waals surface area contributed by atoms with Crippen molar-refractivity contribution in [3.8, 4) is 0 Å². The number of amides is 1. The van der Waals surface area contributed by atoms with E-state index in [4.69, 9.17) is 9.72 Å². The lowest BCUT2D eigenvalue weighted by molar-refractivity contribution is 0.0527. The Kier molecular flexibility index (Phi) is 9.01. The molecule has 0 aliphatic rings. The van der Waals surface area contributed by atoms with Gasteiger partial charge in [0, 0.05) is 17.8 Å². The minimum absolute atomic E-state index is 0.00426. The second-order valence-electron chi connectivity index (χ2n) is 9.52. The topological polar surface area (TPSA) is 85.2 Å². The molecule has 2 rings (SSSR count). The Morgan fingerprint density at radius 3 is 2.38 bits per heavy atom. The number of nitrogens with zero attached hydrogens (tertiary/aromatic N) is 2. The molecule has 1 atom stereocenters. The normalized spacial score (nSPS) is 12.6. The third-order valence-electron chi connectivity index (χ3n) is 5.18. The van der Waals surface area contributed by atoms with Gasteiger partial charge >= 0.3 is 6.09 Å². The monoisotopic (exact) mass is 442 g/mol. The van der Waals surface area contributed by atoms with Crippen molar-refractivity contribution < 1.29 is 9.53 Å². The van der Waals surface area contributed by atoms with E-state index in [2.05, 4.69) is 24.5 Å². The van der Waals surface area contributed by atoms with Crippen LogP contribution in [-0.4, -0.2) is 34.3 Å². The largest absolute Gasteiger partial charge is 0.444 e. The number of alkyl carbamates (subject to hydrolysis) is 1. The summed E-state index contributed by atoms with van der Waals surface area (Å²) < 4.78 is 7.05. The summed E-state index contributed by atoms with van der Waals surface area (Å²) in [6.07, 6.45) is 0.321. The van der Waals surface area contributed by atoms with Crippen LogP contribution < -0.4 is 16.2 Å². The number of nitrogens with one attached hydrogen (secondary N) is 2. The summed E-state index contributed by atoms with van der Waals surface area (Å²) in [5.74, 6) is 0.974. The van der Waals surface area contributed by atoms with Crippen molar-refractivity contribution in [1.29, 1.82) is 0 Å². The third kappa shape index (κ3) is 7.48. The number of aryl methyl sites for hydroxylation is 1. The molecular weight excluding hydrogens is 404 g/mol. The first-order valence-electron chi connectivity index (χ1n) is 11.3. The number of rotatable bonds is 9. The van der Waals surface area contributed by atoms with Crippen LogP contribution in [0.2, 0.25) is 0 Å². The lowest BCUT2D eigenvalue weighted by atomic mass is 10.0. The van der Waals surface area contributed by atoms with E-state index in [1.807, 2.05) is 65.0 Å². The van der Waals surface area contributed by atoms with Crippen molar-refractivity contribution in [2.75, 3.05) is 13.1 Å². The molecule has 0 bridgehead atoms. The molecule has 2 N–H and O–H groups in total. The predicted octanol–water partition coefficient (Wildman–Crippen LogP) is 4.11. The summed E-state index contributed by atoms with van der Waals surface area (Å²) in [5.41, 5.74) is 1.98. The molecule has 1 unspecified atom stereocenters. The number of carbonyl (C=O) groups excluding carboxylic acids is 1. The first kappa shape index (κ1) is 25.6. The molecule has 0 saturated carbocycles. The Labute approximate surface area is 191 Å². The van der Waals surface area contributed by atoms with Crippen LogP contribution >= 0.6 is 0 Å². The summed E-state index contributed by atoms with van der Waals surface area (Å²) in [5, 5.41) is 6.32. The van der Waals surface area contributed by atoms with Gasteiger partial charge in [-0.15, -0.1) is 0 Å². The van der Waals surface area contributed by atoms with Crippen LogP contribution in [0.4, 0.5) is 4.79 Å². The molecule has 32 heavy (non-hydrogen) atoms. The molecule has 1 amide bonds.